The van der Waals surface area contributed by atoms with E-state index in [4.69, 9.17) is 0 Å². The number of benzene rings is 1. The molecule has 4 rings (SSSR count). The van der Waals surface area contributed by atoms with Crippen molar-refractivity contribution in [1.29, 1.82) is 0 Å². The molecule has 0 aliphatic carbocycles. The van der Waals surface area contributed by atoms with E-state index in [1.54, 1.807) is 6.07 Å². The molecule has 1 N–H and O–H groups in total. The number of rotatable bonds is 4. The molecule has 2 fully saturated rings. The highest BCUT2D eigenvalue weighted by Gasteiger charge is 2.35. The minimum absolute atomic E-state index is 0.0932. The van der Waals surface area contributed by atoms with Gasteiger partial charge >= 0.3 is 6.18 Å². The summed E-state index contributed by atoms with van der Waals surface area (Å²) in [4.78, 5) is 16.7. The Hall–Kier alpha value is -1.71. The van der Waals surface area contributed by atoms with Crippen LogP contribution in [0.2, 0.25) is 0 Å². The first kappa shape index (κ1) is 19.6. The molecule has 2 saturated heterocycles. The first-order valence-corrected chi connectivity index (χ1v) is 10.6. The standard InChI is InChI=1S/C19H22F3N3O2S/c20-19(21,22)16-11-18(26)23-17-6-5-14(10-15(16)17)28(27)25-9-3-4-13(25)12-24-7-1-2-8-24/h5-6,10-11,13H,1-4,7-9,12H2,(H,23,26). The van der Waals surface area contributed by atoms with Crippen molar-refractivity contribution in [1.82, 2.24) is 14.2 Å². The van der Waals surface area contributed by atoms with Gasteiger partial charge in [0.15, 0.2) is 0 Å². The van der Waals surface area contributed by atoms with Crippen molar-refractivity contribution in [2.24, 2.45) is 0 Å². The van der Waals surface area contributed by atoms with Gasteiger partial charge in [0.05, 0.1) is 10.5 Å². The summed E-state index contributed by atoms with van der Waals surface area (Å²) < 4.78 is 55.2. The van der Waals surface area contributed by atoms with Gasteiger partial charge in [-0.1, -0.05) is 0 Å². The summed E-state index contributed by atoms with van der Waals surface area (Å²) in [5.74, 6) is 0. The first-order chi connectivity index (χ1) is 13.3. The Balaban J connectivity index is 1.65. The molecule has 9 heteroatoms. The van der Waals surface area contributed by atoms with E-state index in [9.17, 15) is 22.2 Å². The lowest BCUT2D eigenvalue weighted by atomic mass is 10.1. The van der Waals surface area contributed by atoms with Crippen molar-refractivity contribution in [3.8, 4) is 0 Å². The number of H-pyrrole nitrogens is 1. The molecule has 2 aliphatic heterocycles. The van der Waals surface area contributed by atoms with Crippen LogP contribution in [0, 0.1) is 0 Å². The Morgan fingerprint density at radius 2 is 1.86 bits per heavy atom. The predicted molar refractivity (Wildman–Crippen MR) is 101 cm³/mol. The maximum absolute atomic E-state index is 13.4. The zero-order chi connectivity index (χ0) is 19.9. The summed E-state index contributed by atoms with van der Waals surface area (Å²) in [5, 5.41) is -0.131. The van der Waals surface area contributed by atoms with Crippen LogP contribution in [0.4, 0.5) is 13.2 Å². The number of pyridine rings is 1. The monoisotopic (exact) mass is 413 g/mol. The highest BCUT2D eigenvalue weighted by molar-refractivity contribution is 7.82. The number of likely N-dealkylation sites (tertiary alicyclic amines) is 1. The van der Waals surface area contributed by atoms with E-state index >= 15 is 0 Å². The van der Waals surface area contributed by atoms with Gasteiger partial charge in [0, 0.05) is 36.1 Å². The maximum atomic E-state index is 13.4. The smallest absolute Gasteiger partial charge is 0.322 e. The SMILES string of the molecule is O=c1cc(C(F)(F)F)c2cc(S(=O)N3CCCC3CN3CCCC3)ccc2[nH]1. The van der Waals surface area contributed by atoms with Gasteiger partial charge in [-0.05, 0) is 57.0 Å². The van der Waals surface area contributed by atoms with Gasteiger partial charge in [-0.25, -0.2) is 8.51 Å². The molecule has 0 amide bonds. The van der Waals surface area contributed by atoms with Crippen molar-refractivity contribution < 1.29 is 17.4 Å². The van der Waals surface area contributed by atoms with Crippen LogP contribution in [0.1, 0.15) is 31.2 Å². The van der Waals surface area contributed by atoms with Crippen LogP contribution >= 0.6 is 0 Å². The summed E-state index contributed by atoms with van der Waals surface area (Å²) in [7, 11) is -1.54. The third-order valence-corrected chi connectivity index (χ3v) is 7.09. The van der Waals surface area contributed by atoms with E-state index in [0.717, 1.165) is 32.5 Å². The zero-order valence-corrected chi connectivity index (χ0v) is 16.1. The quantitative estimate of drug-likeness (QED) is 0.838. The molecule has 2 atom stereocenters. The van der Waals surface area contributed by atoms with Crippen LogP contribution in [-0.2, 0) is 17.2 Å². The van der Waals surface area contributed by atoms with Crippen LogP contribution < -0.4 is 5.56 Å². The van der Waals surface area contributed by atoms with Gasteiger partial charge in [-0.15, -0.1) is 0 Å². The molecule has 2 aromatic rings. The molecule has 0 bridgehead atoms. The zero-order valence-electron chi connectivity index (χ0n) is 15.3. The number of fused-ring (bicyclic) bond motifs is 1. The van der Waals surface area contributed by atoms with Gasteiger partial charge in [0.2, 0.25) is 5.56 Å². The topological polar surface area (TPSA) is 56.4 Å². The lowest BCUT2D eigenvalue weighted by molar-refractivity contribution is -0.136. The highest BCUT2D eigenvalue weighted by Crippen LogP contribution is 2.34. The summed E-state index contributed by atoms with van der Waals surface area (Å²) in [6.45, 7) is 3.62. The molecular formula is C19H22F3N3O2S. The molecule has 5 nitrogen and oxygen atoms in total. The predicted octanol–water partition coefficient (Wildman–Crippen LogP) is 3.13. The van der Waals surface area contributed by atoms with E-state index in [1.807, 2.05) is 4.31 Å². The second-order valence-electron chi connectivity index (χ2n) is 7.45. The third kappa shape index (κ3) is 3.88. The Kier molecular flexibility index (Phi) is 5.32. The Labute approximate surface area is 163 Å². The molecule has 1 aromatic carbocycles. The van der Waals surface area contributed by atoms with Crippen LogP contribution in [0.3, 0.4) is 0 Å². The van der Waals surface area contributed by atoms with E-state index in [1.165, 1.54) is 25.0 Å². The number of nitrogens with zero attached hydrogens (tertiary/aromatic N) is 2. The Morgan fingerprint density at radius 1 is 1.11 bits per heavy atom. The van der Waals surface area contributed by atoms with Gasteiger partial charge in [-0.2, -0.15) is 13.2 Å². The lowest BCUT2D eigenvalue weighted by Gasteiger charge is -2.27. The average Bonchev–Trinajstić information content (AvgIpc) is 3.31. The molecule has 0 spiro atoms. The maximum Gasteiger partial charge on any atom is 0.417 e. The average molecular weight is 413 g/mol. The van der Waals surface area contributed by atoms with Crippen molar-refractivity contribution >= 4 is 21.9 Å². The number of hydrogen-bond acceptors (Lipinski definition) is 3. The first-order valence-electron chi connectivity index (χ1n) is 9.48. The van der Waals surface area contributed by atoms with Gasteiger partial charge in [0.1, 0.15) is 11.0 Å². The highest BCUT2D eigenvalue weighted by atomic mass is 32.2. The fourth-order valence-electron chi connectivity index (χ4n) is 4.18. The Morgan fingerprint density at radius 3 is 2.57 bits per heavy atom. The molecule has 3 heterocycles. The number of hydrogen-bond donors (Lipinski definition) is 1. The van der Waals surface area contributed by atoms with Crippen LogP contribution in [0.15, 0.2) is 34.0 Å². The van der Waals surface area contributed by atoms with E-state index in [2.05, 4.69) is 9.88 Å². The third-order valence-electron chi connectivity index (χ3n) is 5.53. The number of nitrogens with one attached hydrogen (secondary N) is 1. The van der Waals surface area contributed by atoms with Gasteiger partial charge < -0.3 is 9.88 Å². The van der Waals surface area contributed by atoms with Crippen LogP contribution in [0.5, 0.6) is 0 Å². The van der Waals surface area contributed by atoms with E-state index < -0.39 is 28.3 Å². The van der Waals surface area contributed by atoms with Crippen LogP contribution in [-0.4, -0.2) is 50.6 Å². The van der Waals surface area contributed by atoms with Crippen molar-refractivity contribution in [3.05, 3.63) is 40.2 Å². The molecular weight excluding hydrogens is 391 g/mol. The number of aromatic amines is 1. The fraction of sp³-hybridized carbons (Fsp3) is 0.526. The normalized spacial score (nSPS) is 22.9. The molecule has 1 aromatic heterocycles. The molecule has 28 heavy (non-hydrogen) atoms. The molecule has 2 aliphatic rings. The summed E-state index contributed by atoms with van der Waals surface area (Å²) in [5.41, 5.74) is -1.71. The number of halogens is 3. The second-order valence-corrected chi connectivity index (χ2v) is 8.88. The second kappa shape index (κ2) is 7.61. The molecule has 152 valence electrons. The van der Waals surface area contributed by atoms with Crippen molar-refractivity contribution in [2.45, 2.75) is 42.8 Å². The molecule has 0 saturated carbocycles. The van der Waals surface area contributed by atoms with E-state index in [-0.39, 0.29) is 16.9 Å². The lowest BCUT2D eigenvalue weighted by Crippen LogP contribution is -2.40. The summed E-state index contributed by atoms with van der Waals surface area (Å²) >= 11 is 0. The Bertz CT molecular complexity index is 954. The molecule has 2 unspecified atom stereocenters. The minimum atomic E-state index is -4.65. The fourth-order valence-corrected chi connectivity index (χ4v) is 5.60. The van der Waals surface area contributed by atoms with Crippen molar-refractivity contribution in [2.75, 3.05) is 26.2 Å². The van der Waals surface area contributed by atoms with Crippen LogP contribution in [0.25, 0.3) is 10.9 Å². The summed E-state index contributed by atoms with van der Waals surface area (Å²) in [6.07, 6.45) is -0.424. The van der Waals surface area contributed by atoms with Gasteiger partial charge in [-0.3, -0.25) is 4.79 Å². The molecule has 0 radical (unpaired) electrons. The van der Waals surface area contributed by atoms with Gasteiger partial charge in [0.25, 0.3) is 0 Å². The van der Waals surface area contributed by atoms with Crippen molar-refractivity contribution in [3.63, 3.8) is 0 Å². The number of alkyl halides is 3. The number of aromatic nitrogens is 1. The summed E-state index contributed by atoms with van der Waals surface area (Å²) in [6, 6.07) is 4.95. The minimum Gasteiger partial charge on any atom is -0.322 e. The van der Waals surface area contributed by atoms with E-state index in [0.29, 0.717) is 17.5 Å². The largest absolute Gasteiger partial charge is 0.417 e.